The van der Waals surface area contributed by atoms with Crippen molar-refractivity contribution in [3.05, 3.63) is 30.1 Å². The number of nitrogens with zero attached hydrogens (tertiary/aromatic N) is 1. The van der Waals surface area contributed by atoms with Crippen molar-refractivity contribution in [2.75, 3.05) is 18.8 Å². The summed E-state index contributed by atoms with van der Waals surface area (Å²) in [5, 5.41) is 8.29. The molecule has 0 spiro atoms. The molecule has 2 atom stereocenters. The van der Waals surface area contributed by atoms with Crippen molar-refractivity contribution in [3.8, 4) is 0 Å². The zero-order valence-corrected chi connectivity index (χ0v) is 12.1. The first-order valence-corrected chi connectivity index (χ1v) is 6.89. The van der Waals surface area contributed by atoms with Gasteiger partial charge in [0.25, 0.3) is 0 Å². The van der Waals surface area contributed by atoms with Crippen LogP contribution in [0.3, 0.4) is 0 Å². The molecule has 1 aromatic heterocycles. The lowest BCUT2D eigenvalue weighted by Crippen LogP contribution is -2.27. The second kappa shape index (κ2) is 7.25. The van der Waals surface area contributed by atoms with Gasteiger partial charge < -0.3 is 5.32 Å². The second-order valence-electron chi connectivity index (χ2n) is 4.13. The summed E-state index contributed by atoms with van der Waals surface area (Å²) in [6.45, 7) is 1.49. The molecule has 2 unspecified atom stereocenters. The highest BCUT2D eigenvalue weighted by atomic mass is 35.5. The van der Waals surface area contributed by atoms with Crippen molar-refractivity contribution >= 4 is 34.8 Å². The summed E-state index contributed by atoms with van der Waals surface area (Å²) in [5.74, 6) is 0.297. The molecule has 0 bridgehead atoms. The van der Waals surface area contributed by atoms with Crippen LogP contribution in [0.25, 0.3) is 0 Å². The number of nitrogens with one attached hydrogen (secondary N) is 1. The molecule has 1 saturated heterocycles. The Morgan fingerprint density at radius 2 is 1.89 bits per heavy atom. The van der Waals surface area contributed by atoms with Crippen molar-refractivity contribution in [3.63, 3.8) is 0 Å². The van der Waals surface area contributed by atoms with E-state index in [1.165, 1.54) is 0 Å². The Kier molecular flexibility index (Phi) is 7.09. The number of rotatable bonds is 3. The van der Waals surface area contributed by atoms with Gasteiger partial charge >= 0.3 is 0 Å². The van der Waals surface area contributed by atoms with Crippen LogP contribution in [0.1, 0.15) is 11.5 Å². The molecule has 5 nitrogen and oxygen atoms in total. The van der Waals surface area contributed by atoms with Gasteiger partial charge in [-0.2, -0.15) is 0 Å². The molecule has 1 aliphatic rings. The highest BCUT2D eigenvalue weighted by molar-refractivity contribution is 7.89. The summed E-state index contributed by atoms with van der Waals surface area (Å²) in [7, 11) is -3.40. The Labute approximate surface area is 119 Å². The van der Waals surface area contributed by atoms with Gasteiger partial charge in [-0.3, -0.25) is 4.98 Å². The summed E-state index contributed by atoms with van der Waals surface area (Å²) >= 11 is 0. The van der Waals surface area contributed by atoms with Gasteiger partial charge in [0.15, 0.2) is 0 Å². The average molecular weight is 314 g/mol. The first kappa shape index (κ1) is 17.6. The first-order chi connectivity index (χ1) is 7.56. The van der Waals surface area contributed by atoms with E-state index in [0.29, 0.717) is 6.54 Å². The van der Waals surface area contributed by atoms with Gasteiger partial charge in [-0.1, -0.05) is 0 Å². The number of nitrogens with two attached hydrogens (primary N) is 1. The molecule has 2 heterocycles. The normalized spacial score (nSPS) is 22.9. The molecule has 0 saturated carbocycles. The maximum atomic E-state index is 11.1. The van der Waals surface area contributed by atoms with Gasteiger partial charge in [0.2, 0.25) is 10.0 Å². The maximum absolute atomic E-state index is 11.1. The molecular weight excluding hydrogens is 297 g/mol. The zero-order valence-electron chi connectivity index (χ0n) is 9.65. The Bertz CT molecular complexity index is 455. The Balaban J connectivity index is 0.00000144. The summed E-state index contributed by atoms with van der Waals surface area (Å²) in [6.07, 6.45) is 3.45. The minimum Gasteiger partial charge on any atom is -0.316 e. The van der Waals surface area contributed by atoms with Gasteiger partial charge in [0.05, 0.1) is 5.75 Å². The Morgan fingerprint density at radius 3 is 2.44 bits per heavy atom. The number of pyridine rings is 1. The monoisotopic (exact) mass is 313 g/mol. The van der Waals surface area contributed by atoms with Gasteiger partial charge in [-0.05, 0) is 30.2 Å². The smallest absolute Gasteiger partial charge is 0.209 e. The molecule has 2 rings (SSSR count). The van der Waals surface area contributed by atoms with Crippen LogP contribution in [0, 0.1) is 5.92 Å². The van der Waals surface area contributed by atoms with Crippen molar-refractivity contribution < 1.29 is 8.42 Å². The van der Waals surface area contributed by atoms with Crippen LogP contribution in [-0.4, -0.2) is 32.2 Å². The topological polar surface area (TPSA) is 85.1 Å². The van der Waals surface area contributed by atoms with Crippen molar-refractivity contribution in [2.24, 2.45) is 11.1 Å². The minimum atomic E-state index is -3.40. The van der Waals surface area contributed by atoms with Gasteiger partial charge in [0.1, 0.15) is 0 Å². The number of halogens is 2. The van der Waals surface area contributed by atoms with Crippen LogP contribution >= 0.6 is 24.8 Å². The zero-order chi connectivity index (χ0) is 11.6. The van der Waals surface area contributed by atoms with E-state index in [1.807, 2.05) is 12.1 Å². The summed E-state index contributed by atoms with van der Waals surface area (Å²) < 4.78 is 22.2. The number of aromatic nitrogens is 1. The van der Waals surface area contributed by atoms with Crippen LogP contribution in [0.5, 0.6) is 0 Å². The lowest BCUT2D eigenvalue weighted by molar-refractivity contribution is 0.542. The molecule has 0 amide bonds. The summed E-state index contributed by atoms with van der Waals surface area (Å²) in [5.41, 5.74) is 1.12. The fourth-order valence-electron chi connectivity index (χ4n) is 2.21. The summed E-state index contributed by atoms with van der Waals surface area (Å²) in [4.78, 5) is 3.95. The van der Waals surface area contributed by atoms with E-state index in [4.69, 9.17) is 5.14 Å². The molecule has 0 aliphatic carbocycles. The maximum Gasteiger partial charge on any atom is 0.209 e. The third-order valence-corrected chi connectivity index (χ3v) is 3.81. The van der Waals surface area contributed by atoms with E-state index in [2.05, 4.69) is 10.3 Å². The van der Waals surface area contributed by atoms with Gasteiger partial charge in [-0.15, -0.1) is 24.8 Å². The molecule has 104 valence electrons. The van der Waals surface area contributed by atoms with Crippen LogP contribution in [-0.2, 0) is 10.0 Å². The van der Waals surface area contributed by atoms with Crippen molar-refractivity contribution in [1.29, 1.82) is 0 Å². The van der Waals surface area contributed by atoms with Crippen LogP contribution in [0.2, 0.25) is 0 Å². The molecule has 18 heavy (non-hydrogen) atoms. The van der Waals surface area contributed by atoms with E-state index in [9.17, 15) is 8.42 Å². The molecule has 1 aliphatic heterocycles. The highest BCUT2D eigenvalue weighted by Gasteiger charge is 2.30. The average Bonchev–Trinajstić information content (AvgIpc) is 2.64. The lowest BCUT2D eigenvalue weighted by atomic mass is 9.91. The predicted molar refractivity (Wildman–Crippen MR) is 75.8 cm³/mol. The van der Waals surface area contributed by atoms with Crippen LogP contribution in [0.4, 0.5) is 0 Å². The molecule has 1 aromatic rings. The number of hydrogen-bond donors (Lipinski definition) is 2. The minimum absolute atomic E-state index is 0. The molecule has 0 radical (unpaired) electrons. The fraction of sp³-hybridized carbons (Fsp3) is 0.500. The van der Waals surface area contributed by atoms with E-state index in [-0.39, 0.29) is 42.4 Å². The Hall–Kier alpha value is -0.400. The highest BCUT2D eigenvalue weighted by Crippen LogP contribution is 2.28. The standard InChI is InChI=1S/C10H15N3O2S.2ClH/c11-16(14,15)7-9-5-13-6-10(9)8-1-3-12-4-2-8;;/h1-4,9-10,13H,5-7H2,(H2,11,14,15);2*1H. The third-order valence-electron chi connectivity index (χ3n) is 2.92. The van der Waals surface area contributed by atoms with Crippen molar-refractivity contribution in [2.45, 2.75) is 5.92 Å². The van der Waals surface area contributed by atoms with Crippen LogP contribution in [0.15, 0.2) is 24.5 Å². The summed E-state index contributed by atoms with van der Waals surface area (Å²) in [6, 6.07) is 3.85. The predicted octanol–water partition coefficient (Wildman–Crippen LogP) is 0.517. The Morgan fingerprint density at radius 1 is 1.28 bits per heavy atom. The van der Waals surface area contributed by atoms with E-state index >= 15 is 0 Å². The largest absolute Gasteiger partial charge is 0.316 e. The molecule has 8 heteroatoms. The molecule has 1 fully saturated rings. The number of hydrogen-bond acceptors (Lipinski definition) is 4. The van der Waals surface area contributed by atoms with E-state index in [1.54, 1.807) is 12.4 Å². The lowest BCUT2D eigenvalue weighted by Gasteiger charge is -2.17. The fourth-order valence-corrected chi connectivity index (χ4v) is 3.15. The molecule has 3 N–H and O–H groups in total. The quantitative estimate of drug-likeness (QED) is 0.852. The SMILES string of the molecule is Cl.Cl.NS(=O)(=O)CC1CNCC1c1ccncc1. The van der Waals surface area contributed by atoms with Gasteiger partial charge in [0, 0.05) is 24.9 Å². The van der Waals surface area contributed by atoms with E-state index in [0.717, 1.165) is 12.1 Å². The second-order valence-corrected chi connectivity index (χ2v) is 5.79. The molecule has 0 aromatic carbocycles. The first-order valence-electron chi connectivity index (χ1n) is 5.17. The number of primary sulfonamides is 1. The third kappa shape index (κ3) is 4.70. The van der Waals surface area contributed by atoms with Gasteiger partial charge in [-0.25, -0.2) is 13.6 Å². The van der Waals surface area contributed by atoms with Crippen LogP contribution < -0.4 is 10.5 Å². The number of sulfonamides is 1. The van der Waals surface area contributed by atoms with E-state index < -0.39 is 10.0 Å². The molecular formula is C10H17Cl2N3O2S. The van der Waals surface area contributed by atoms with Crippen molar-refractivity contribution in [1.82, 2.24) is 10.3 Å².